The maximum atomic E-state index is 10.8. The van der Waals surface area contributed by atoms with Gasteiger partial charge in [-0.15, -0.1) is 0 Å². The van der Waals surface area contributed by atoms with Crippen LogP contribution in [0.3, 0.4) is 0 Å². The summed E-state index contributed by atoms with van der Waals surface area (Å²) in [5.41, 5.74) is -0.627. The van der Waals surface area contributed by atoms with Crippen molar-refractivity contribution < 1.29 is 5.11 Å². The smallest absolute Gasteiger partial charge is 0.147 e. The van der Waals surface area contributed by atoms with Crippen LogP contribution in [0.4, 0.5) is 5.82 Å². The number of anilines is 1. The molecule has 0 saturated carbocycles. The largest absolute Gasteiger partial charge is 0.387 e. The van der Waals surface area contributed by atoms with Crippen molar-refractivity contribution in [1.29, 1.82) is 0 Å². The molecule has 5 heteroatoms. The van der Waals surface area contributed by atoms with Gasteiger partial charge >= 0.3 is 0 Å². The van der Waals surface area contributed by atoms with Crippen LogP contribution >= 0.6 is 11.6 Å². The molecule has 0 aromatic carbocycles. The van der Waals surface area contributed by atoms with Crippen molar-refractivity contribution in [2.24, 2.45) is 0 Å². The number of hydrogen-bond donors (Lipinski definition) is 1. The number of aromatic nitrogens is 1. The predicted molar refractivity (Wildman–Crippen MR) is 81.3 cm³/mol. The highest BCUT2D eigenvalue weighted by atomic mass is 35.5. The van der Waals surface area contributed by atoms with Crippen LogP contribution in [0, 0.1) is 0 Å². The molecule has 20 heavy (non-hydrogen) atoms. The van der Waals surface area contributed by atoms with Crippen molar-refractivity contribution in [2.75, 3.05) is 37.6 Å². The summed E-state index contributed by atoms with van der Waals surface area (Å²) in [5, 5.41) is 11.5. The molecule has 2 saturated heterocycles. The molecule has 0 unspecified atom stereocenters. The van der Waals surface area contributed by atoms with E-state index in [4.69, 9.17) is 11.6 Å². The Morgan fingerprint density at radius 2 is 2.05 bits per heavy atom. The Labute approximate surface area is 125 Å². The van der Waals surface area contributed by atoms with Gasteiger partial charge in [0.1, 0.15) is 5.82 Å². The van der Waals surface area contributed by atoms with E-state index in [0.717, 1.165) is 38.4 Å². The SMILES string of the molecule is O[C@@]1(CN2CCCCC2)CCN(c2ncccc2Cl)C1. The van der Waals surface area contributed by atoms with E-state index in [2.05, 4.69) is 14.8 Å². The second-order valence-electron chi connectivity index (χ2n) is 6.04. The Morgan fingerprint density at radius 1 is 1.25 bits per heavy atom. The molecular weight excluding hydrogens is 274 g/mol. The maximum absolute atomic E-state index is 10.8. The van der Waals surface area contributed by atoms with Crippen LogP contribution in [0.25, 0.3) is 0 Å². The third-order valence-corrected chi connectivity index (χ3v) is 4.63. The first-order valence-corrected chi connectivity index (χ1v) is 7.84. The summed E-state index contributed by atoms with van der Waals surface area (Å²) in [5.74, 6) is 0.795. The van der Waals surface area contributed by atoms with Crippen LogP contribution in [0.2, 0.25) is 5.02 Å². The first kappa shape index (κ1) is 14.1. The van der Waals surface area contributed by atoms with E-state index in [9.17, 15) is 5.11 Å². The Morgan fingerprint density at radius 3 is 2.80 bits per heavy atom. The third kappa shape index (κ3) is 3.08. The van der Waals surface area contributed by atoms with Gasteiger partial charge in [-0.3, -0.25) is 0 Å². The van der Waals surface area contributed by atoms with Gasteiger partial charge < -0.3 is 14.9 Å². The van der Waals surface area contributed by atoms with Crippen LogP contribution in [-0.4, -0.2) is 53.3 Å². The average Bonchev–Trinajstić information content (AvgIpc) is 2.82. The quantitative estimate of drug-likeness (QED) is 0.928. The summed E-state index contributed by atoms with van der Waals surface area (Å²) in [6.45, 7) is 4.45. The summed E-state index contributed by atoms with van der Waals surface area (Å²) < 4.78 is 0. The van der Waals surface area contributed by atoms with E-state index in [1.54, 1.807) is 6.20 Å². The molecular formula is C15H22ClN3O. The molecule has 0 spiro atoms. The molecule has 1 aromatic rings. The lowest BCUT2D eigenvalue weighted by atomic mass is 10.0. The number of likely N-dealkylation sites (tertiary alicyclic amines) is 1. The number of rotatable bonds is 3. The van der Waals surface area contributed by atoms with Gasteiger partial charge in [-0.25, -0.2) is 4.98 Å². The highest BCUT2D eigenvalue weighted by Crippen LogP contribution is 2.31. The summed E-state index contributed by atoms with van der Waals surface area (Å²) in [6.07, 6.45) is 6.38. The van der Waals surface area contributed by atoms with E-state index in [0.29, 0.717) is 11.6 Å². The molecule has 0 radical (unpaired) electrons. The second-order valence-corrected chi connectivity index (χ2v) is 6.45. The Bertz CT molecular complexity index is 464. The summed E-state index contributed by atoms with van der Waals surface area (Å²) >= 11 is 6.19. The minimum atomic E-state index is -0.627. The van der Waals surface area contributed by atoms with Crippen molar-refractivity contribution in [3.8, 4) is 0 Å². The van der Waals surface area contributed by atoms with Crippen molar-refractivity contribution in [2.45, 2.75) is 31.3 Å². The third-order valence-electron chi connectivity index (χ3n) is 4.34. The molecule has 1 N–H and O–H groups in total. The van der Waals surface area contributed by atoms with Gasteiger partial charge in [0, 0.05) is 25.8 Å². The van der Waals surface area contributed by atoms with Crippen LogP contribution < -0.4 is 4.90 Å². The minimum absolute atomic E-state index is 0.625. The van der Waals surface area contributed by atoms with E-state index in [-0.39, 0.29) is 0 Å². The number of halogens is 1. The molecule has 2 fully saturated rings. The van der Waals surface area contributed by atoms with Gasteiger partial charge in [-0.2, -0.15) is 0 Å². The van der Waals surface area contributed by atoms with E-state index >= 15 is 0 Å². The first-order chi connectivity index (χ1) is 9.66. The highest BCUT2D eigenvalue weighted by molar-refractivity contribution is 6.32. The van der Waals surface area contributed by atoms with E-state index in [1.807, 2.05) is 12.1 Å². The molecule has 3 heterocycles. The topological polar surface area (TPSA) is 39.6 Å². The highest BCUT2D eigenvalue weighted by Gasteiger charge is 2.38. The van der Waals surface area contributed by atoms with Gasteiger partial charge in [0.2, 0.25) is 0 Å². The lowest BCUT2D eigenvalue weighted by Crippen LogP contribution is -2.46. The van der Waals surface area contributed by atoms with Crippen LogP contribution in [0.1, 0.15) is 25.7 Å². The summed E-state index contributed by atoms with van der Waals surface area (Å²) in [6, 6.07) is 3.69. The first-order valence-electron chi connectivity index (χ1n) is 7.47. The van der Waals surface area contributed by atoms with Crippen LogP contribution in [0.5, 0.6) is 0 Å². The average molecular weight is 296 g/mol. The van der Waals surface area contributed by atoms with Crippen LogP contribution in [-0.2, 0) is 0 Å². The fourth-order valence-corrected chi connectivity index (χ4v) is 3.55. The number of pyridine rings is 1. The van der Waals surface area contributed by atoms with Gasteiger partial charge in [0.05, 0.1) is 10.6 Å². The molecule has 1 aromatic heterocycles. The van der Waals surface area contributed by atoms with Crippen molar-refractivity contribution in [3.05, 3.63) is 23.4 Å². The summed E-state index contributed by atoms with van der Waals surface area (Å²) in [7, 11) is 0. The molecule has 4 nitrogen and oxygen atoms in total. The maximum Gasteiger partial charge on any atom is 0.147 e. The second kappa shape index (κ2) is 5.88. The van der Waals surface area contributed by atoms with Gasteiger partial charge in [0.15, 0.2) is 0 Å². The standard InChI is InChI=1S/C15H22ClN3O/c16-13-5-4-7-17-14(13)19-10-6-15(20,12-19)11-18-8-2-1-3-9-18/h4-5,7,20H,1-3,6,8-12H2/t15-/m1/s1. The molecule has 1 atom stereocenters. The normalized spacial score (nSPS) is 28.0. The van der Waals surface area contributed by atoms with Crippen molar-refractivity contribution in [1.82, 2.24) is 9.88 Å². The molecule has 110 valence electrons. The van der Waals surface area contributed by atoms with Crippen LogP contribution in [0.15, 0.2) is 18.3 Å². The molecule has 0 bridgehead atoms. The minimum Gasteiger partial charge on any atom is -0.387 e. The molecule has 2 aliphatic heterocycles. The number of hydrogen-bond acceptors (Lipinski definition) is 4. The zero-order valence-corrected chi connectivity index (χ0v) is 12.5. The lowest BCUT2D eigenvalue weighted by Gasteiger charge is -2.33. The Kier molecular flexibility index (Phi) is 4.15. The number of nitrogens with zero attached hydrogens (tertiary/aromatic N) is 3. The van der Waals surface area contributed by atoms with Crippen molar-refractivity contribution in [3.63, 3.8) is 0 Å². The predicted octanol–water partition coefficient (Wildman–Crippen LogP) is 2.16. The number of aliphatic hydroxyl groups is 1. The number of piperidine rings is 1. The zero-order valence-electron chi connectivity index (χ0n) is 11.8. The van der Waals surface area contributed by atoms with Crippen molar-refractivity contribution >= 4 is 17.4 Å². The Hall–Kier alpha value is -0.840. The molecule has 0 amide bonds. The summed E-state index contributed by atoms with van der Waals surface area (Å²) in [4.78, 5) is 8.84. The fourth-order valence-electron chi connectivity index (χ4n) is 3.31. The van der Waals surface area contributed by atoms with Gasteiger partial charge in [-0.05, 0) is 44.5 Å². The molecule has 2 aliphatic rings. The zero-order chi connectivity index (χ0) is 14.0. The van der Waals surface area contributed by atoms with E-state index < -0.39 is 5.60 Å². The van der Waals surface area contributed by atoms with E-state index in [1.165, 1.54) is 19.3 Å². The lowest BCUT2D eigenvalue weighted by molar-refractivity contribution is 0.0169. The number of β-amino-alcohol motifs (C(OH)–C–C–N with tert-alkyl or cyclic N) is 1. The van der Waals surface area contributed by atoms with Gasteiger partial charge in [0.25, 0.3) is 0 Å². The molecule has 0 aliphatic carbocycles. The Balaban J connectivity index is 1.64. The molecule has 3 rings (SSSR count). The monoisotopic (exact) mass is 295 g/mol. The van der Waals surface area contributed by atoms with Gasteiger partial charge in [-0.1, -0.05) is 18.0 Å². The fraction of sp³-hybridized carbons (Fsp3) is 0.667.